The third kappa shape index (κ3) is 2.41. The van der Waals surface area contributed by atoms with Crippen LogP contribution in [-0.4, -0.2) is 48.0 Å². The van der Waals surface area contributed by atoms with E-state index in [-0.39, 0.29) is 19.1 Å². The predicted molar refractivity (Wildman–Crippen MR) is 71.6 cm³/mol. The van der Waals surface area contributed by atoms with Crippen molar-refractivity contribution in [3.8, 4) is 11.5 Å². The Balaban J connectivity index is 1.63. The minimum absolute atomic E-state index is 0.0153. The van der Waals surface area contributed by atoms with Gasteiger partial charge >= 0.3 is 0 Å². The number of oxime groups is 1. The van der Waals surface area contributed by atoms with E-state index in [2.05, 4.69) is 5.16 Å². The van der Waals surface area contributed by atoms with Gasteiger partial charge in [0.05, 0.1) is 0 Å². The Bertz CT molecular complexity index is 550. The van der Waals surface area contributed by atoms with Crippen LogP contribution in [0.1, 0.15) is 18.4 Å². The van der Waals surface area contributed by atoms with E-state index in [0.717, 1.165) is 31.5 Å². The molecule has 1 aromatic rings. The first kappa shape index (κ1) is 12.8. The maximum atomic E-state index is 11.9. The number of hydrogen-bond donors (Lipinski definition) is 1. The zero-order valence-electron chi connectivity index (χ0n) is 11.0. The minimum Gasteiger partial charge on any atom is -0.486 e. The fraction of sp³-hybridized carbons (Fsp3) is 0.429. The second-order valence-corrected chi connectivity index (χ2v) is 4.87. The van der Waals surface area contributed by atoms with Crippen molar-refractivity contribution in [1.82, 2.24) is 4.90 Å². The largest absolute Gasteiger partial charge is 0.486 e. The van der Waals surface area contributed by atoms with Crippen LogP contribution >= 0.6 is 0 Å². The van der Waals surface area contributed by atoms with Crippen LogP contribution in [0.15, 0.2) is 23.4 Å². The number of ether oxygens (including phenoxy) is 2. The molecule has 1 N–H and O–H groups in total. The summed E-state index contributed by atoms with van der Waals surface area (Å²) in [6, 6.07) is 5.23. The molecule has 20 heavy (non-hydrogen) atoms. The van der Waals surface area contributed by atoms with Crippen LogP contribution in [0.2, 0.25) is 0 Å². The number of rotatable bonds is 3. The third-order valence-electron chi connectivity index (χ3n) is 3.57. The highest BCUT2D eigenvalue weighted by Gasteiger charge is 2.21. The first-order valence-electron chi connectivity index (χ1n) is 6.66. The van der Waals surface area contributed by atoms with Gasteiger partial charge in [-0.1, -0.05) is 5.16 Å². The van der Waals surface area contributed by atoms with E-state index in [0.29, 0.717) is 17.2 Å². The fourth-order valence-corrected chi connectivity index (χ4v) is 2.46. The van der Waals surface area contributed by atoms with Crippen molar-refractivity contribution in [2.45, 2.75) is 12.8 Å². The molecule has 0 aliphatic carbocycles. The van der Waals surface area contributed by atoms with Crippen LogP contribution < -0.4 is 9.47 Å². The molecule has 0 saturated carbocycles. The highest BCUT2D eigenvalue weighted by atomic mass is 16.5. The van der Waals surface area contributed by atoms with Gasteiger partial charge in [0.1, 0.15) is 23.8 Å². The van der Waals surface area contributed by atoms with Crippen molar-refractivity contribution in [3.63, 3.8) is 0 Å². The van der Waals surface area contributed by atoms with E-state index in [1.165, 1.54) is 0 Å². The Morgan fingerprint density at radius 1 is 1.40 bits per heavy atom. The summed E-state index contributed by atoms with van der Waals surface area (Å²) in [6.45, 7) is 1.94. The van der Waals surface area contributed by atoms with Crippen LogP contribution in [0.3, 0.4) is 0 Å². The Kier molecular flexibility index (Phi) is 3.45. The maximum absolute atomic E-state index is 11.9. The number of benzene rings is 1. The van der Waals surface area contributed by atoms with E-state index in [1.807, 2.05) is 4.90 Å². The van der Waals surface area contributed by atoms with Crippen molar-refractivity contribution in [2.75, 3.05) is 26.3 Å². The van der Waals surface area contributed by atoms with E-state index < -0.39 is 0 Å². The van der Waals surface area contributed by atoms with E-state index in [9.17, 15) is 4.79 Å². The molecule has 2 aliphatic heterocycles. The highest BCUT2D eigenvalue weighted by molar-refractivity contribution is 6.06. The van der Waals surface area contributed by atoms with Gasteiger partial charge in [-0.15, -0.1) is 0 Å². The summed E-state index contributed by atoms with van der Waals surface area (Å²) in [5.41, 5.74) is 1.26. The molecule has 106 valence electrons. The SMILES string of the molecule is O=C(COc1ccc2c(c1)OCC2=NO)N1CCCC1. The summed E-state index contributed by atoms with van der Waals surface area (Å²) in [7, 11) is 0. The van der Waals surface area contributed by atoms with Gasteiger partial charge in [0.2, 0.25) is 0 Å². The van der Waals surface area contributed by atoms with Crippen LogP contribution in [0, 0.1) is 0 Å². The quantitative estimate of drug-likeness (QED) is 0.666. The molecule has 3 rings (SSSR count). The van der Waals surface area contributed by atoms with Gasteiger partial charge in [0.25, 0.3) is 5.91 Å². The predicted octanol–water partition coefficient (Wildman–Crippen LogP) is 1.26. The Morgan fingerprint density at radius 2 is 2.20 bits per heavy atom. The molecular formula is C14H16N2O4. The normalized spacial score (nSPS) is 19.0. The minimum atomic E-state index is 0.0153. The highest BCUT2D eigenvalue weighted by Crippen LogP contribution is 2.29. The molecule has 0 atom stereocenters. The van der Waals surface area contributed by atoms with Crippen molar-refractivity contribution in [3.05, 3.63) is 23.8 Å². The molecule has 6 nitrogen and oxygen atoms in total. The van der Waals surface area contributed by atoms with E-state index in [1.54, 1.807) is 18.2 Å². The zero-order valence-corrected chi connectivity index (χ0v) is 11.0. The van der Waals surface area contributed by atoms with Gasteiger partial charge in [-0.3, -0.25) is 4.79 Å². The summed E-state index contributed by atoms with van der Waals surface area (Å²) < 4.78 is 10.9. The first-order chi connectivity index (χ1) is 9.78. The molecule has 2 aliphatic rings. The van der Waals surface area contributed by atoms with Crippen molar-refractivity contribution >= 4 is 11.6 Å². The van der Waals surface area contributed by atoms with Crippen LogP contribution in [0.25, 0.3) is 0 Å². The molecule has 0 aromatic heterocycles. The zero-order chi connectivity index (χ0) is 13.9. The lowest BCUT2D eigenvalue weighted by atomic mass is 10.1. The molecule has 0 unspecified atom stereocenters. The van der Waals surface area contributed by atoms with Gasteiger partial charge in [0.15, 0.2) is 6.61 Å². The molecule has 0 bridgehead atoms. The Hall–Kier alpha value is -2.24. The van der Waals surface area contributed by atoms with Gasteiger partial charge in [-0.25, -0.2) is 0 Å². The van der Waals surface area contributed by atoms with Gasteiger partial charge < -0.3 is 19.6 Å². The monoisotopic (exact) mass is 276 g/mol. The van der Waals surface area contributed by atoms with E-state index >= 15 is 0 Å². The smallest absolute Gasteiger partial charge is 0.260 e. The molecule has 2 heterocycles. The number of hydrogen-bond acceptors (Lipinski definition) is 5. The Morgan fingerprint density at radius 3 is 2.95 bits per heavy atom. The lowest BCUT2D eigenvalue weighted by molar-refractivity contribution is -0.132. The third-order valence-corrected chi connectivity index (χ3v) is 3.57. The summed E-state index contributed by atoms with van der Waals surface area (Å²) in [5.74, 6) is 1.21. The number of amides is 1. The van der Waals surface area contributed by atoms with Gasteiger partial charge in [-0.05, 0) is 25.0 Å². The first-order valence-corrected chi connectivity index (χ1v) is 6.66. The molecule has 1 fully saturated rings. The van der Waals surface area contributed by atoms with Crippen LogP contribution in [0.5, 0.6) is 11.5 Å². The fourth-order valence-electron chi connectivity index (χ4n) is 2.46. The molecule has 0 spiro atoms. The molecule has 1 saturated heterocycles. The number of likely N-dealkylation sites (tertiary alicyclic amines) is 1. The van der Waals surface area contributed by atoms with Crippen LogP contribution in [0.4, 0.5) is 0 Å². The molecular weight excluding hydrogens is 260 g/mol. The topological polar surface area (TPSA) is 71.4 Å². The summed E-state index contributed by atoms with van der Waals surface area (Å²) in [4.78, 5) is 13.7. The molecule has 1 amide bonds. The lowest BCUT2D eigenvalue weighted by Gasteiger charge is -2.15. The number of nitrogens with zero attached hydrogens (tertiary/aromatic N) is 2. The van der Waals surface area contributed by atoms with Gasteiger partial charge in [-0.2, -0.15) is 0 Å². The summed E-state index contributed by atoms with van der Waals surface area (Å²) in [6.07, 6.45) is 2.14. The lowest BCUT2D eigenvalue weighted by Crippen LogP contribution is -2.32. The molecule has 1 aromatic carbocycles. The van der Waals surface area contributed by atoms with Crippen LogP contribution in [-0.2, 0) is 4.79 Å². The number of carbonyl (C=O) groups excluding carboxylic acids is 1. The average Bonchev–Trinajstić information content (AvgIpc) is 3.13. The Labute approximate surface area is 116 Å². The molecule has 0 radical (unpaired) electrons. The maximum Gasteiger partial charge on any atom is 0.260 e. The summed E-state index contributed by atoms with van der Waals surface area (Å²) >= 11 is 0. The van der Waals surface area contributed by atoms with Gasteiger partial charge in [0, 0.05) is 24.7 Å². The molecule has 6 heteroatoms. The van der Waals surface area contributed by atoms with Crippen molar-refractivity contribution < 1.29 is 19.5 Å². The number of fused-ring (bicyclic) bond motifs is 1. The van der Waals surface area contributed by atoms with Crippen molar-refractivity contribution in [1.29, 1.82) is 0 Å². The van der Waals surface area contributed by atoms with Crippen molar-refractivity contribution in [2.24, 2.45) is 5.16 Å². The average molecular weight is 276 g/mol. The summed E-state index contributed by atoms with van der Waals surface area (Å²) in [5, 5.41) is 12.0. The second-order valence-electron chi connectivity index (χ2n) is 4.87. The second kappa shape index (κ2) is 5.40. The standard InChI is InChI=1S/C14H16N2O4/c17-14(16-5-1-2-6-16)9-19-10-3-4-11-12(15-18)8-20-13(11)7-10/h3-4,7,18H,1-2,5-6,8-9H2. The van der Waals surface area contributed by atoms with E-state index in [4.69, 9.17) is 14.7 Å². The number of carbonyl (C=O) groups is 1.